The smallest absolute Gasteiger partial charge is 0.166 e. The van der Waals surface area contributed by atoms with Gasteiger partial charge in [-0.1, -0.05) is 22.9 Å². The van der Waals surface area contributed by atoms with Crippen LogP contribution in [0.4, 0.5) is 13.2 Å². The van der Waals surface area contributed by atoms with E-state index in [1.54, 1.807) is 0 Å². The number of hydrogen-bond acceptors (Lipinski definition) is 1. The van der Waals surface area contributed by atoms with Crippen LogP contribution in [-0.4, -0.2) is 11.6 Å². The summed E-state index contributed by atoms with van der Waals surface area (Å²) in [5.41, 5.74) is -0.590. The third kappa shape index (κ3) is 4.72. The zero-order valence-electron chi connectivity index (χ0n) is 9.02. The van der Waals surface area contributed by atoms with Crippen LogP contribution in [-0.2, 0) is 6.18 Å². The van der Waals surface area contributed by atoms with E-state index in [0.29, 0.717) is 16.1 Å². The van der Waals surface area contributed by atoms with E-state index in [0.717, 1.165) is 6.07 Å². The van der Waals surface area contributed by atoms with Gasteiger partial charge in [-0.05, 0) is 24.1 Å². The van der Waals surface area contributed by atoms with Crippen molar-refractivity contribution >= 4 is 39.3 Å². The van der Waals surface area contributed by atoms with Gasteiger partial charge in [-0.15, -0.1) is 23.4 Å². The van der Waals surface area contributed by atoms with E-state index in [1.807, 2.05) is 6.92 Å². The Morgan fingerprint density at radius 1 is 1.41 bits per heavy atom. The molecule has 0 N–H and O–H groups in total. The van der Waals surface area contributed by atoms with Gasteiger partial charge in [0.2, 0.25) is 0 Å². The summed E-state index contributed by atoms with van der Waals surface area (Å²) < 4.78 is 38.8. The van der Waals surface area contributed by atoms with E-state index in [2.05, 4.69) is 15.9 Å². The normalized spacial score (nSPS) is 13.8. The van der Waals surface area contributed by atoms with Crippen molar-refractivity contribution in [3.8, 4) is 0 Å². The summed E-state index contributed by atoms with van der Waals surface area (Å²) in [6.45, 7) is 1.91. The Labute approximate surface area is 116 Å². The van der Waals surface area contributed by atoms with Crippen LogP contribution in [0.15, 0.2) is 27.6 Å². The maximum absolute atomic E-state index is 12.7. The molecule has 0 amide bonds. The van der Waals surface area contributed by atoms with E-state index in [-0.39, 0.29) is 10.8 Å². The number of hydrogen-bond donors (Lipinski definition) is 0. The Kier molecular flexibility index (Phi) is 5.67. The molecule has 0 saturated carbocycles. The second kappa shape index (κ2) is 6.34. The first-order valence-corrected chi connectivity index (χ1v) is 7.21. The molecule has 0 heterocycles. The van der Waals surface area contributed by atoms with E-state index >= 15 is 0 Å². The van der Waals surface area contributed by atoms with Crippen molar-refractivity contribution in [3.63, 3.8) is 0 Å². The van der Waals surface area contributed by atoms with Crippen molar-refractivity contribution in [1.82, 2.24) is 0 Å². The van der Waals surface area contributed by atoms with Gasteiger partial charge in [0.15, 0.2) is 0 Å². The molecule has 1 atom stereocenters. The minimum atomic E-state index is -4.31. The molecule has 0 aliphatic rings. The number of halogens is 5. The number of rotatable bonds is 4. The van der Waals surface area contributed by atoms with Crippen molar-refractivity contribution in [2.24, 2.45) is 5.92 Å². The molecule has 0 fully saturated rings. The summed E-state index contributed by atoms with van der Waals surface area (Å²) >= 11 is 10.0. The van der Waals surface area contributed by atoms with Crippen molar-refractivity contribution in [3.05, 3.63) is 28.2 Å². The van der Waals surface area contributed by atoms with Gasteiger partial charge in [0.1, 0.15) is 0 Å². The summed E-state index contributed by atoms with van der Waals surface area (Å²) in [5.74, 6) is 1.20. The van der Waals surface area contributed by atoms with Gasteiger partial charge in [-0.25, -0.2) is 0 Å². The van der Waals surface area contributed by atoms with Gasteiger partial charge in [0.25, 0.3) is 0 Å². The Morgan fingerprint density at radius 2 is 2.06 bits per heavy atom. The minimum absolute atomic E-state index is 0.182. The van der Waals surface area contributed by atoms with Gasteiger partial charge in [-0.2, -0.15) is 13.2 Å². The fourth-order valence-corrected chi connectivity index (χ4v) is 3.01. The lowest BCUT2D eigenvalue weighted by Gasteiger charge is -2.14. The van der Waals surface area contributed by atoms with E-state index in [4.69, 9.17) is 11.6 Å². The van der Waals surface area contributed by atoms with Crippen molar-refractivity contribution in [2.75, 3.05) is 11.6 Å². The molecule has 17 heavy (non-hydrogen) atoms. The molecular formula is C11H11BrClF3S. The highest BCUT2D eigenvalue weighted by molar-refractivity contribution is 9.10. The third-order valence-electron chi connectivity index (χ3n) is 2.04. The average Bonchev–Trinajstić information content (AvgIpc) is 2.24. The molecule has 0 aromatic heterocycles. The van der Waals surface area contributed by atoms with Gasteiger partial charge in [0, 0.05) is 21.0 Å². The lowest BCUT2D eigenvalue weighted by molar-refractivity contribution is -0.139. The zero-order chi connectivity index (χ0) is 13.1. The second-order valence-electron chi connectivity index (χ2n) is 3.71. The molecule has 1 unspecified atom stereocenters. The highest BCUT2D eigenvalue weighted by Crippen LogP contribution is 2.38. The van der Waals surface area contributed by atoms with Gasteiger partial charge in [-0.3, -0.25) is 0 Å². The quantitative estimate of drug-likeness (QED) is 0.516. The Hall–Kier alpha value is 0.130. The maximum Gasteiger partial charge on any atom is 0.417 e. The fourth-order valence-electron chi connectivity index (χ4n) is 1.13. The number of thioether (sulfide) groups is 1. The van der Waals surface area contributed by atoms with Crippen LogP contribution in [0.1, 0.15) is 12.5 Å². The number of alkyl halides is 4. The zero-order valence-corrected chi connectivity index (χ0v) is 12.2. The first-order valence-electron chi connectivity index (χ1n) is 4.90. The van der Waals surface area contributed by atoms with Crippen LogP contribution in [0, 0.1) is 5.92 Å². The SMILES string of the molecule is CC(CCl)CSc1cc(Br)ccc1C(F)(F)F. The summed E-state index contributed by atoms with van der Waals surface area (Å²) in [6.07, 6.45) is -4.31. The first-order chi connectivity index (χ1) is 7.84. The molecule has 96 valence electrons. The molecule has 0 saturated heterocycles. The fraction of sp³-hybridized carbons (Fsp3) is 0.455. The van der Waals surface area contributed by atoms with Crippen molar-refractivity contribution in [1.29, 1.82) is 0 Å². The van der Waals surface area contributed by atoms with Crippen molar-refractivity contribution < 1.29 is 13.2 Å². The van der Waals surface area contributed by atoms with Crippen molar-refractivity contribution in [2.45, 2.75) is 18.0 Å². The molecule has 0 aliphatic heterocycles. The largest absolute Gasteiger partial charge is 0.417 e. The minimum Gasteiger partial charge on any atom is -0.166 e. The van der Waals surface area contributed by atoms with Gasteiger partial charge < -0.3 is 0 Å². The molecule has 0 spiro atoms. The molecule has 1 aromatic carbocycles. The topological polar surface area (TPSA) is 0 Å². The van der Waals surface area contributed by atoms with E-state index in [1.165, 1.54) is 23.9 Å². The molecule has 1 rings (SSSR count). The highest BCUT2D eigenvalue weighted by atomic mass is 79.9. The molecule has 0 aliphatic carbocycles. The summed E-state index contributed by atoms with van der Waals surface area (Å²) in [5, 5.41) is 0. The predicted octanol–water partition coefficient (Wildman–Crippen LogP) is 5.43. The molecule has 0 bridgehead atoms. The third-order valence-corrected chi connectivity index (χ3v) is 4.44. The van der Waals surface area contributed by atoms with Gasteiger partial charge >= 0.3 is 6.18 Å². The van der Waals surface area contributed by atoms with Crippen LogP contribution < -0.4 is 0 Å². The lowest BCUT2D eigenvalue weighted by Crippen LogP contribution is -2.08. The second-order valence-corrected chi connectivity index (χ2v) is 5.99. The molecule has 0 nitrogen and oxygen atoms in total. The standard InChI is InChI=1S/C11H11BrClF3S/c1-7(5-13)6-17-10-4-8(12)2-3-9(10)11(14,15)16/h2-4,7H,5-6H2,1H3. The molecule has 1 aromatic rings. The van der Waals surface area contributed by atoms with Crippen LogP contribution in [0.25, 0.3) is 0 Å². The average molecular weight is 348 g/mol. The Balaban J connectivity index is 2.92. The number of benzene rings is 1. The van der Waals surface area contributed by atoms with Gasteiger partial charge in [0.05, 0.1) is 5.56 Å². The Morgan fingerprint density at radius 3 is 2.59 bits per heavy atom. The summed E-state index contributed by atoms with van der Waals surface area (Å²) in [7, 11) is 0. The predicted molar refractivity (Wildman–Crippen MR) is 69.8 cm³/mol. The summed E-state index contributed by atoms with van der Waals surface area (Å²) in [4.78, 5) is 0.240. The van der Waals surface area contributed by atoms with Crippen LogP contribution in [0.5, 0.6) is 0 Å². The van der Waals surface area contributed by atoms with E-state index < -0.39 is 11.7 Å². The van der Waals surface area contributed by atoms with Crippen LogP contribution >= 0.6 is 39.3 Å². The Bertz CT molecular complexity index is 381. The van der Waals surface area contributed by atoms with E-state index in [9.17, 15) is 13.2 Å². The van der Waals surface area contributed by atoms with Crippen LogP contribution in [0.3, 0.4) is 0 Å². The maximum atomic E-state index is 12.7. The molecular weight excluding hydrogens is 337 g/mol. The lowest BCUT2D eigenvalue weighted by atomic mass is 10.2. The monoisotopic (exact) mass is 346 g/mol. The van der Waals surface area contributed by atoms with Crippen LogP contribution in [0.2, 0.25) is 0 Å². The first kappa shape index (κ1) is 15.2. The summed E-state index contributed by atoms with van der Waals surface area (Å²) in [6, 6.07) is 3.99. The molecule has 6 heteroatoms. The molecule has 0 radical (unpaired) electrons. The highest BCUT2D eigenvalue weighted by Gasteiger charge is 2.33.